The van der Waals surface area contributed by atoms with Crippen LogP contribution in [-0.4, -0.2) is 31.3 Å². The van der Waals surface area contributed by atoms with E-state index in [2.05, 4.69) is 10.6 Å². The minimum atomic E-state index is -4.15. The lowest BCUT2D eigenvalue weighted by Gasteiger charge is -2.36. The van der Waals surface area contributed by atoms with Crippen LogP contribution in [-0.2, 0) is 0 Å². The second-order valence-electron chi connectivity index (χ2n) is 5.38. The highest BCUT2D eigenvalue weighted by atomic mass is 19.4. The lowest BCUT2D eigenvalue weighted by atomic mass is 9.87. The predicted molar refractivity (Wildman–Crippen MR) is 53.7 cm³/mol. The van der Waals surface area contributed by atoms with Crippen LogP contribution < -0.4 is 10.6 Å². The van der Waals surface area contributed by atoms with Crippen LogP contribution >= 0.6 is 0 Å². The molecule has 15 heavy (non-hydrogen) atoms. The van der Waals surface area contributed by atoms with Crippen LogP contribution in [0.15, 0.2) is 0 Å². The van der Waals surface area contributed by atoms with Gasteiger partial charge >= 0.3 is 6.18 Å². The normalized spacial score (nSPS) is 21.2. The van der Waals surface area contributed by atoms with Gasteiger partial charge in [-0.05, 0) is 11.8 Å². The van der Waals surface area contributed by atoms with Gasteiger partial charge in [-0.2, -0.15) is 13.2 Å². The molecular weight excluding hydrogens is 205 g/mol. The van der Waals surface area contributed by atoms with Crippen LogP contribution in [0.4, 0.5) is 13.2 Å². The van der Waals surface area contributed by atoms with Gasteiger partial charge in [-0.25, -0.2) is 0 Å². The fourth-order valence-corrected chi connectivity index (χ4v) is 1.57. The number of halogens is 3. The molecule has 2 N–H and O–H groups in total. The SMILES string of the molecule is CC(C)(C)CC(NC1CNC1)C(F)(F)F. The Morgan fingerprint density at radius 3 is 2.07 bits per heavy atom. The first kappa shape index (κ1) is 12.8. The van der Waals surface area contributed by atoms with Crippen molar-refractivity contribution in [3.8, 4) is 0 Å². The van der Waals surface area contributed by atoms with E-state index in [1.54, 1.807) is 0 Å². The zero-order valence-corrected chi connectivity index (χ0v) is 9.41. The van der Waals surface area contributed by atoms with Gasteiger partial charge in [-0.15, -0.1) is 0 Å². The van der Waals surface area contributed by atoms with Crippen LogP contribution in [0.3, 0.4) is 0 Å². The van der Waals surface area contributed by atoms with E-state index in [9.17, 15) is 13.2 Å². The van der Waals surface area contributed by atoms with Gasteiger partial charge in [0.25, 0.3) is 0 Å². The predicted octanol–water partition coefficient (Wildman–Crippen LogP) is 1.91. The lowest BCUT2D eigenvalue weighted by molar-refractivity contribution is -0.164. The van der Waals surface area contributed by atoms with Crippen molar-refractivity contribution in [3.63, 3.8) is 0 Å². The zero-order chi connectivity index (χ0) is 11.7. The van der Waals surface area contributed by atoms with Crippen molar-refractivity contribution >= 4 is 0 Å². The third-order valence-electron chi connectivity index (χ3n) is 2.43. The van der Waals surface area contributed by atoms with Gasteiger partial charge < -0.3 is 10.6 Å². The zero-order valence-electron chi connectivity index (χ0n) is 9.41. The summed E-state index contributed by atoms with van der Waals surface area (Å²) in [6, 6.07) is -1.41. The Bertz CT molecular complexity index is 204. The Labute approximate surface area is 88.6 Å². The Balaban J connectivity index is 2.52. The van der Waals surface area contributed by atoms with Crippen LogP contribution in [0.25, 0.3) is 0 Å². The summed E-state index contributed by atoms with van der Waals surface area (Å²) >= 11 is 0. The van der Waals surface area contributed by atoms with E-state index in [1.165, 1.54) is 0 Å². The van der Waals surface area contributed by atoms with Crippen LogP contribution in [0.2, 0.25) is 0 Å². The molecule has 1 rings (SSSR count). The van der Waals surface area contributed by atoms with E-state index in [0.29, 0.717) is 13.1 Å². The second kappa shape index (κ2) is 4.29. The molecule has 1 atom stereocenters. The standard InChI is InChI=1S/C10H19F3N2/c1-9(2,3)4-8(10(11,12)13)15-7-5-14-6-7/h7-8,14-15H,4-6H2,1-3H3. The molecule has 2 nitrogen and oxygen atoms in total. The maximum atomic E-state index is 12.7. The van der Waals surface area contributed by atoms with Crippen LogP contribution in [0.1, 0.15) is 27.2 Å². The summed E-state index contributed by atoms with van der Waals surface area (Å²) in [5.41, 5.74) is -0.315. The molecule has 1 heterocycles. The van der Waals surface area contributed by atoms with Gasteiger partial charge in [-0.1, -0.05) is 20.8 Å². The van der Waals surface area contributed by atoms with E-state index in [-0.39, 0.29) is 17.9 Å². The van der Waals surface area contributed by atoms with Gasteiger partial charge in [0.15, 0.2) is 0 Å². The monoisotopic (exact) mass is 224 g/mol. The van der Waals surface area contributed by atoms with Gasteiger partial charge in [0.2, 0.25) is 0 Å². The van der Waals surface area contributed by atoms with Crippen molar-refractivity contribution < 1.29 is 13.2 Å². The van der Waals surface area contributed by atoms with Crippen molar-refractivity contribution in [2.24, 2.45) is 5.41 Å². The summed E-state index contributed by atoms with van der Waals surface area (Å²) in [7, 11) is 0. The molecule has 0 aliphatic carbocycles. The van der Waals surface area contributed by atoms with Gasteiger partial charge in [-0.3, -0.25) is 0 Å². The van der Waals surface area contributed by atoms with E-state index in [4.69, 9.17) is 0 Å². The van der Waals surface area contributed by atoms with Crippen LogP contribution in [0, 0.1) is 5.41 Å². The number of hydrogen-bond acceptors (Lipinski definition) is 2. The average Bonchev–Trinajstić information content (AvgIpc) is 1.89. The first-order valence-electron chi connectivity index (χ1n) is 5.22. The molecular formula is C10H19F3N2. The molecule has 1 unspecified atom stereocenters. The summed E-state index contributed by atoms with van der Waals surface area (Å²) in [5.74, 6) is 0. The molecule has 0 aromatic heterocycles. The molecule has 0 saturated carbocycles. The van der Waals surface area contributed by atoms with Crippen molar-refractivity contribution in [1.29, 1.82) is 0 Å². The summed E-state index contributed by atoms with van der Waals surface area (Å²) in [4.78, 5) is 0. The topological polar surface area (TPSA) is 24.1 Å². The van der Waals surface area contributed by atoms with E-state index in [0.717, 1.165) is 0 Å². The Morgan fingerprint density at radius 1 is 1.27 bits per heavy atom. The fourth-order valence-electron chi connectivity index (χ4n) is 1.57. The summed E-state index contributed by atoms with van der Waals surface area (Å²) < 4.78 is 38.1. The molecule has 5 heteroatoms. The molecule has 1 aliphatic rings. The smallest absolute Gasteiger partial charge is 0.314 e. The molecule has 0 amide bonds. The minimum Gasteiger partial charge on any atom is -0.314 e. The molecule has 0 bridgehead atoms. The van der Waals surface area contributed by atoms with Crippen molar-refractivity contribution in [3.05, 3.63) is 0 Å². The van der Waals surface area contributed by atoms with Crippen molar-refractivity contribution in [2.45, 2.75) is 45.5 Å². The van der Waals surface area contributed by atoms with Gasteiger partial charge in [0.1, 0.15) is 6.04 Å². The summed E-state index contributed by atoms with van der Waals surface area (Å²) in [6.45, 7) is 6.75. The van der Waals surface area contributed by atoms with Gasteiger partial charge in [0.05, 0.1) is 0 Å². The highest BCUT2D eigenvalue weighted by molar-refractivity contribution is 4.89. The highest BCUT2D eigenvalue weighted by Crippen LogP contribution is 2.30. The molecule has 0 aromatic rings. The minimum absolute atomic E-state index is 0.0287. The molecule has 1 fully saturated rings. The van der Waals surface area contributed by atoms with E-state index >= 15 is 0 Å². The largest absolute Gasteiger partial charge is 0.403 e. The molecule has 0 spiro atoms. The third-order valence-corrected chi connectivity index (χ3v) is 2.43. The molecule has 90 valence electrons. The molecule has 0 aromatic carbocycles. The Morgan fingerprint density at radius 2 is 1.80 bits per heavy atom. The molecule has 1 aliphatic heterocycles. The first-order chi connectivity index (χ1) is 6.68. The lowest BCUT2D eigenvalue weighted by Crippen LogP contribution is -2.61. The second-order valence-corrected chi connectivity index (χ2v) is 5.38. The number of rotatable bonds is 3. The number of nitrogens with one attached hydrogen (secondary N) is 2. The van der Waals surface area contributed by atoms with Crippen LogP contribution in [0.5, 0.6) is 0 Å². The maximum absolute atomic E-state index is 12.7. The number of alkyl halides is 3. The Kier molecular flexibility index (Phi) is 3.66. The Hall–Kier alpha value is -0.290. The van der Waals surface area contributed by atoms with Crippen molar-refractivity contribution in [2.75, 3.05) is 13.1 Å². The average molecular weight is 224 g/mol. The first-order valence-corrected chi connectivity index (χ1v) is 5.22. The molecule has 0 radical (unpaired) electrons. The van der Waals surface area contributed by atoms with Gasteiger partial charge in [0, 0.05) is 19.1 Å². The quantitative estimate of drug-likeness (QED) is 0.765. The third kappa shape index (κ3) is 4.38. The number of hydrogen-bond donors (Lipinski definition) is 2. The van der Waals surface area contributed by atoms with Crippen molar-refractivity contribution in [1.82, 2.24) is 10.6 Å². The highest BCUT2D eigenvalue weighted by Gasteiger charge is 2.43. The van der Waals surface area contributed by atoms with E-state index < -0.39 is 12.2 Å². The maximum Gasteiger partial charge on any atom is 0.403 e. The summed E-state index contributed by atoms with van der Waals surface area (Å²) in [6.07, 6.45) is -4.03. The van der Waals surface area contributed by atoms with E-state index in [1.807, 2.05) is 20.8 Å². The molecule has 1 saturated heterocycles. The fraction of sp³-hybridized carbons (Fsp3) is 1.00. The summed E-state index contributed by atoms with van der Waals surface area (Å²) in [5, 5.41) is 5.61.